The van der Waals surface area contributed by atoms with Crippen molar-refractivity contribution in [3.63, 3.8) is 0 Å². The third-order valence-corrected chi connectivity index (χ3v) is 3.77. The molecule has 0 aromatic rings. The number of thioether (sulfide) groups is 1. The SMILES string of the molecule is NCC1CCC(Br)S1. The lowest BCUT2D eigenvalue weighted by molar-refractivity contribution is 0.780. The molecule has 2 atom stereocenters. The summed E-state index contributed by atoms with van der Waals surface area (Å²) in [7, 11) is 0. The molecule has 0 bridgehead atoms. The van der Waals surface area contributed by atoms with Gasteiger partial charge in [0.1, 0.15) is 0 Å². The first-order valence-electron chi connectivity index (χ1n) is 2.82. The van der Waals surface area contributed by atoms with Gasteiger partial charge in [-0.15, -0.1) is 11.8 Å². The monoisotopic (exact) mass is 195 g/mol. The molecular weight excluding hydrogens is 186 g/mol. The van der Waals surface area contributed by atoms with E-state index in [1.807, 2.05) is 11.8 Å². The summed E-state index contributed by atoms with van der Waals surface area (Å²) in [5.41, 5.74) is 5.45. The van der Waals surface area contributed by atoms with Gasteiger partial charge in [0.25, 0.3) is 0 Å². The molecule has 48 valence electrons. The Kier molecular flexibility index (Phi) is 2.66. The first kappa shape index (κ1) is 6.90. The second kappa shape index (κ2) is 3.08. The number of hydrogen-bond acceptors (Lipinski definition) is 2. The molecule has 1 aliphatic rings. The molecule has 0 amide bonds. The van der Waals surface area contributed by atoms with Crippen molar-refractivity contribution < 1.29 is 0 Å². The van der Waals surface area contributed by atoms with E-state index in [1.165, 1.54) is 12.8 Å². The summed E-state index contributed by atoms with van der Waals surface area (Å²) >= 11 is 5.48. The molecule has 1 fully saturated rings. The minimum absolute atomic E-state index is 0.677. The first-order chi connectivity index (χ1) is 3.83. The van der Waals surface area contributed by atoms with Gasteiger partial charge >= 0.3 is 0 Å². The van der Waals surface area contributed by atoms with Crippen LogP contribution < -0.4 is 5.73 Å². The van der Waals surface area contributed by atoms with Gasteiger partial charge in [0, 0.05) is 11.8 Å². The molecule has 1 saturated heterocycles. The normalized spacial score (nSPS) is 38.2. The van der Waals surface area contributed by atoms with E-state index < -0.39 is 0 Å². The lowest BCUT2D eigenvalue weighted by Gasteiger charge is -2.01. The molecule has 0 aliphatic carbocycles. The maximum Gasteiger partial charge on any atom is 0.0603 e. The van der Waals surface area contributed by atoms with E-state index in [4.69, 9.17) is 5.73 Å². The van der Waals surface area contributed by atoms with E-state index in [9.17, 15) is 0 Å². The standard InChI is InChI=1S/C5H10BrNS/c6-5-2-1-4(3-7)8-5/h4-5H,1-3,7H2. The van der Waals surface area contributed by atoms with Crippen LogP contribution in [0.15, 0.2) is 0 Å². The van der Waals surface area contributed by atoms with E-state index >= 15 is 0 Å². The highest BCUT2D eigenvalue weighted by Gasteiger charge is 2.20. The van der Waals surface area contributed by atoms with Crippen LogP contribution in [0, 0.1) is 0 Å². The molecule has 0 radical (unpaired) electrons. The molecule has 2 unspecified atom stereocenters. The summed E-state index contributed by atoms with van der Waals surface area (Å²) in [6.45, 7) is 0.840. The summed E-state index contributed by atoms with van der Waals surface area (Å²) in [5.74, 6) is 0. The Morgan fingerprint density at radius 2 is 2.38 bits per heavy atom. The first-order valence-corrected chi connectivity index (χ1v) is 4.68. The maximum absolute atomic E-state index is 5.45. The summed E-state index contributed by atoms with van der Waals surface area (Å²) < 4.78 is 0.677. The van der Waals surface area contributed by atoms with Crippen LogP contribution in [0.5, 0.6) is 0 Å². The largest absolute Gasteiger partial charge is 0.329 e. The van der Waals surface area contributed by atoms with Crippen LogP contribution in [0.2, 0.25) is 0 Å². The Morgan fingerprint density at radius 1 is 1.62 bits per heavy atom. The van der Waals surface area contributed by atoms with Gasteiger partial charge in [-0.3, -0.25) is 0 Å². The van der Waals surface area contributed by atoms with E-state index in [0.717, 1.165) is 11.8 Å². The minimum atomic E-state index is 0.677. The number of alkyl halides is 1. The number of hydrogen-bond donors (Lipinski definition) is 1. The fourth-order valence-corrected chi connectivity index (χ4v) is 3.09. The molecule has 0 spiro atoms. The Balaban J connectivity index is 2.22. The van der Waals surface area contributed by atoms with Crippen LogP contribution in [0.3, 0.4) is 0 Å². The molecule has 0 aromatic heterocycles. The van der Waals surface area contributed by atoms with Crippen molar-refractivity contribution in [1.82, 2.24) is 0 Å². The lowest BCUT2D eigenvalue weighted by atomic mass is 10.2. The van der Waals surface area contributed by atoms with Crippen molar-refractivity contribution in [3.8, 4) is 0 Å². The predicted octanol–water partition coefficient (Wildman–Crippen LogP) is 1.56. The van der Waals surface area contributed by atoms with Crippen LogP contribution in [-0.4, -0.2) is 16.0 Å². The minimum Gasteiger partial charge on any atom is -0.329 e. The Hall–Kier alpha value is 0.790. The van der Waals surface area contributed by atoms with Gasteiger partial charge < -0.3 is 5.73 Å². The van der Waals surface area contributed by atoms with Gasteiger partial charge in [-0.2, -0.15) is 0 Å². The number of halogens is 1. The van der Waals surface area contributed by atoms with Gasteiger partial charge in [-0.25, -0.2) is 0 Å². The quantitative estimate of drug-likeness (QED) is 0.644. The molecular formula is C5H10BrNS. The van der Waals surface area contributed by atoms with Crippen molar-refractivity contribution in [2.75, 3.05) is 6.54 Å². The van der Waals surface area contributed by atoms with Crippen LogP contribution in [0.4, 0.5) is 0 Å². The van der Waals surface area contributed by atoms with Gasteiger partial charge in [-0.05, 0) is 12.8 Å². The Morgan fingerprint density at radius 3 is 2.62 bits per heavy atom. The highest BCUT2D eigenvalue weighted by Crippen LogP contribution is 2.36. The zero-order valence-corrected chi connectivity index (χ0v) is 7.04. The van der Waals surface area contributed by atoms with Gasteiger partial charge in [0.15, 0.2) is 0 Å². The second-order valence-electron chi connectivity index (χ2n) is 1.98. The van der Waals surface area contributed by atoms with E-state index in [1.54, 1.807) is 0 Å². The van der Waals surface area contributed by atoms with Crippen LogP contribution in [0.1, 0.15) is 12.8 Å². The maximum atomic E-state index is 5.45. The smallest absolute Gasteiger partial charge is 0.0603 e. The predicted molar refractivity (Wildman–Crippen MR) is 42.4 cm³/mol. The third-order valence-electron chi connectivity index (χ3n) is 1.32. The van der Waals surface area contributed by atoms with Gasteiger partial charge in [-0.1, -0.05) is 15.9 Å². The van der Waals surface area contributed by atoms with Crippen molar-refractivity contribution >= 4 is 27.7 Å². The molecule has 0 aromatic carbocycles. The molecule has 1 nitrogen and oxygen atoms in total. The number of rotatable bonds is 1. The summed E-state index contributed by atoms with van der Waals surface area (Å²) in [4.78, 5) is 0. The fourth-order valence-electron chi connectivity index (χ4n) is 0.835. The highest BCUT2D eigenvalue weighted by molar-refractivity contribution is 9.11. The second-order valence-corrected chi connectivity index (χ2v) is 5.20. The molecule has 1 rings (SSSR count). The Bertz CT molecular complexity index is 78.8. The highest BCUT2D eigenvalue weighted by atomic mass is 79.9. The molecule has 8 heavy (non-hydrogen) atoms. The number of nitrogens with two attached hydrogens (primary N) is 1. The summed E-state index contributed by atoms with van der Waals surface area (Å²) in [6, 6.07) is 0. The summed E-state index contributed by atoms with van der Waals surface area (Å²) in [6.07, 6.45) is 2.57. The summed E-state index contributed by atoms with van der Waals surface area (Å²) in [5, 5.41) is 0.722. The molecule has 1 aliphatic heterocycles. The van der Waals surface area contributed by atoms with Crippen LogP contribution >= 0.6 is 27.7 Å². The molecule has 0 saturated carbocycles. The van der Waals surface area contributed by atoms with Crippen molar-refractivity contribution in [2.45, 2.75) is 22.3 Å². The zero-order chi connectivity index (χ0) is 5.98. The van der Waals surface area contributed by atoms with Gasteiger partial charge in [0.05, 0.1) is 4.16 Å². The van der Waals surface area contributed by atoms with Crippen LogP contribution in [0.25, 0.3) is 0 Å². The van der Waals surface area contributed by atoms with E-state index in [-0.39, 0.29) is 0 Å². The third kappa shape index (κ3) is 1.64. The van der Waals surface area contributed by atoms with Gasteiger partial charge in [0.2, 0.25) is 0 Å². The molecule has 2 N–H and O–H groups in total. The van der Waals surface area contributed by atoms with Crippen molar-refractivity contribution in [3.05, 3.63) is 0 Å². The fraction of sp³-hybridized carbons (Fsp3) is 1.00. The average molecular weight is 196 g/mol. The average Bonchev–Trinajstić information content (AvgIpc) is 2.14. The molecule has 1 heterocycles. The van der Waals surface area contributed by atoms with Crippen molar-refractivity contribution in [2.24, 2.45) is 5.73 Å². The topological polar surface area (TPSA) is 26.0 Å². The Labute approximate surface area is 62.5 Å². The van der Waals surface area contributed by atoms with Crippen molar-refractivity contribution in [1.29, 1.82) is 0 Å². The van der Waals surface area contributed by atoms with E-state index in [0.29, 0.717) is 4.16 Å². The van der Waals surface area contributed by atoms with E-state index in [2.05, 4.69) is 15.9 Å². The van der Waals surface area contributed by atoms with Crippen LogP contribution in [-0.2, 0) is 0 Å². The zero-order valence-electron chi connectivity index (χ0n) is 4.64. The molecule has 3 heteroatoms. The lowest BCUT2D eigenvalue weighted by Crippen LogP contribution is -2.12.